The number of halogens is 1. The third-order valence-corrected chi connectivity index (χ3v) is 6.75. The highest BCUT2D eigenvalue weighted by Crippen LogP contribution is 2.33. The zero-order valence-corrected chi connectivity index (χ0v) is 20.0. The average molecular weight is 473 g/mol. The topological polar surface area (TPSA) is 77.1 Å². The van der Waals surface area contributed by atoms with Crippen molar-refractivity contribution < 1.29 is 14.6 Å². The number of methoxy groups -OCH3 is 1. The van der Waals surface area contributed by atoms with Gasteiger partial charge in [-0.2, -0.15) is 0 Å². The van der Waals surface area contributed by atoms with Gasteiger partial charge in [0, 0.05) is 43.7 Å². The van der Waals surface area contributed by atoms with E-state index >= 15 is 0 Å². The molecule has 0 aromatic heterocycles. The fraction of sp³-hybridized carbons (Fsp3) is 0.480. The van der Waals surface area contributed by atoms with Gasteiger partial charge in [0.1, 0.15) is 5.75 Å². The van der Waals surface area contributed by atoms with E-state index in [1.54, 1.807) is 7.11 Å². The number of anilines is 2. The highest BCUT2D eigenvalue weighted by molar-refractivity contribution is 6.30. The Labute approximate surface area is 200 Å². The zero-order valence-electron chi connectivity index (χ0n) is 19.3. The van der Waals surface area contributed by atoms with E-state index in [9.17, 15) is 9.90 Å². The summed E-state index contributed by atoms with van der Waals surface area (Å²) < 4.78 is 5.38. The summed E-state index contributed by atoms with van der Waals surface area (Å²) >= 11 is 5.99. The molecule has 7 nitrogen and oxygen atoms in total. The predicted molar refractivity (Wildman–Crippen MR) is 132 cm³/mol. The van der Waals surface area contributed by atoms with Crippen molar-refractivity contribution in [2.24, 2.45) is 0 Å². The van der Waals surface area contributed by atoms with E-state index in [-0.39, 0.29) is 11.9 Å². The molecule has 2 aromatic rings. The van der Waals surface area contributed by atoms with Crippen LogP contribution in [0.2, 0.25) is 5.02 Å². The Morgan fingerprint density at radius 1 is 1.15 bits per heavy atom. The van der Waals surface area contributed by atoms with Gasteiger partial charge in [0.2, 0.25) is 5.91 Å². The lowest BCUT2D eigenvalue weighted by atomic mass is 10.0. The van der Waals surface area contributed by atoms with Gasteiger partial charge in [-0.3, -0.25) is 9.69 Å². The summed E-state index contributed by atoms with van der Waals surface area (Å²) in [7, 11) is 1.62. The van der Waals surface area contributed by atoms with E-state index in [1.807, 2.05) is 30.3 Å². The van der Waals surface area contributed by atoms with E-state index in [0.29, 0.717) is 19.1 Å². The molecule has 2 heterocycles. The van der Waals surface area contributed by atoms with Gasteiger partial charge >= 0.3 is 0 Å². The van der Waals surface area contributed by atoms with Crippen molar-refractivity contribution in [3.05, 3.63) is 53.1 Å². The molecule has 2 atom stereocenters. The molecule has 178 valence electrons. The molecule has 0 radical (unpaired) electrons. The minimum Gasteiger partial charge on any atom is -0.497 e. The molecule has 0 aliphatic carbocycles. The van der Waals surface area contributed by atoms with Gasteiger partial charge in [-0.15, -0.1) is 0 Å². The first-order chi connectivity index (χ1) is 15.9. The summed E-state index contributed by atoms with van der Waals surface area (Å²) in [5.41, 5.74) is 2.87. The summed E-state index contributed by atoms with van der Waals surface area (Å²) in [6.07, 6.45) is 1.62. The lowest BCUT2D eigenvalue weighted by Gasteiger charge is -2.34. The van der Waals surface area contributed by atoms with Gasteiger partial charge < -0.3 is 25.4 Å². The van der Waals surface area contributed by atoms with Gasteiger partial charge in [-0.25, -0.2) is 0 Å². The van der Waals surface area contributed by atoms with Crippen LogP contribution >= 0.6 is 11.6 Å². The van der Waals surface area contributed by atoms with Gasteiger partial charge in [0.25, 0.3) is 0 Å². The smallest absolute Gasteiger partial charge is 0.221 e. The van der Waals surface area contributed by atoms with Crippen LogP contribution in [0.4, 0.5) is 11.4 Å². The molecule has 2 aromatic carbocycles. The molecule has 8 heteroatoms. The van der Waals surface area contributed by atoms with Crippen LogP contribution in [0.25, 0.3) is 0 Å². The van der Waals surface area contributed by atoms with Crippen LogP contribution in [-0.4, -0.2) is 67.4 Å². The molecule has 1 unspecified atom stereocenters. The van der Waals surface area contributed by atoms with Crippen LogP contribution in [-0.2, 0) is 11.3 Å². The van der Waals surface area contributed by atoms with Gasteiger partial charge in [0.15, 0.2) is 0 Å². The number of nitrogens with one attached hydrogen (secondary N) is 2. The van der Waals surface area contributed by atoms with E-state index in [0.717, 1.165) is 54.6 Å². The van der Waals surface area contributed by atoms with Crippen LogP contribution in [0.5, 0.6) is 5.75 Å². The van der Waals surface area contributed by atoms with Crippen molar-refractivity contribution >= 4 is 28.9 Å². The number of nitrogens with zero attached hydrogens (tertiary/aromatic N) is 2. The van der Waals surface area contributed by atoms with Crippen molar-refractivity contribution in [1.29, 1.82) is 0 Å². The van der Waals surface area contributed by atoms with Crippen LogP contribution < -0.4 is 20.3 Å². The number of β-amino-alcohol motifs (C(OH)–C–C–N with tert-alkyl or cyclic N) is 1. The number of aliphatic hydroxyl groups excluding tert-OH is 1. The number of carbonyl (C=O) groups is 1. The molecular formula is C25H33ClN4O3. The average Bonchev–Trinajstić information content (AvgIpc) is 3.16. The Balaban J connectivity index is 1.33. The van der Waals surface area contributed by atoms with Gasteiger partial charge in [-0.05, 0) is 55.8 Å². The molecule has 0 spiro atoms. The summed E-state index contributed by atoms with van der Waals surface area (Å²) in [5.74, 6) is 0.597. The second kappa shape index (κ2) is 10.7. The number of amides is 1. The molecule has 33 heavy (non-hydrogen) atoms. The Morgan fingerprint density at radius 3 is 2.55 bits per heavy atom. The molecule has 0 bridgehead atoms. The van der Waals surface area contributed by atoms with E-state index in [2.05, 4.69) is 32.6 Å². The number of rotatable bonds is 7. The highest BCUT2D eigenvalue weighted by Gasteiger charge is 2.34. The van der Waals surface area contributed by atoms with Gasteiger partial charge in [-0.1, -0.05) is 23.7 Å². The second-order valence-corrected chi connectivity index (χ2v) is 9.42. The Hall–Kier alpha value is -2.32. The monoisotopic (exact) mass is 472 g/mol. The predicted octanol–water partition coefficient (Wildman–Crippen LogP) is 3.11. The van der Waals surface area contributed by atoms with Crippen LogP contribution in [0.1, 0.15) is 25.3 Å². The first-order valence-electron chi connectivity index (χ1n) is 11.5. The molecule has 2 fully saturated rings. The van der Waals surface area contributed by atoms with Crippen molar-refractivity contribution in [2.45, 2.75) is 44.5 Å². The minimum absolute atomic E-state index is 0.0193. The fourth-order valence-corrected chi connectivity index (χ4v) is 4.88. The number of carbonyl (C=O) groups excluding carboxylic acids is 1. The van der Waals surface area contributed by atoms with Crippen molar-refractivity contribution in [3.63, 3.8) is 0 Å². The van der Waals surface area contributed by atoms with E-state index < -0.39 is 6.10 Å². The lowest BCUT2D eigenvalue weighted by Crippen LogP contribution is -2.49. The number of piperidine rings is 1. The van der Waals surface area contributed by atoms with E-state index in [1.165, 1.54) is 12.5 Å². The van der Waals surface area contributed by atoms with Crippen molar-refractivity contribution in [2.75, 3.05) is 43.5 Å². The number of likely N-dealkylation sites (tertiary alicyclic amines) is 1. The van der Waals surface area contributed by atoms with Crippen molar-refractivity contribution in [1.82, 2.24) is 10.2 Å². The van der Waals surface area contributed by atoms with Crippen LogP contribution in [0.15, 0.2) is 42.5 Å². The number of aliphatic hydroxyl groups is 1. The Kier molecular flexibility index (Phi) is 7.75. The summed E-state index contributed by atoms with van der Waals surface area (Å²) in [5, 5.41) is 18.1. The van der Waals surface area contributed by atoms with Crippen molar-refractivity contribution in [3.8, 4) is 5.75 Å². The zero-order chi connectivity index (χ0) is 23.4. The van der Waals surface area contributed by atoms with Crippen LogP contribution in [0, 0.1) is 0 Å². The number of hydrogen-bond acceptors (Lipinski definition) is 6. The first kappa shape index (κ1) is 23.8. The number of hydrogen-bond donors (Lipinski definition) is 3. The van der Waals surface area contributed by atoms with E-state index in [4.69, 9.17) is 16.3 Å². The fourth-order valence-electron chi connectivity index (χ4n) is 4.75. The molecule has 2 aliphatic heterocycles. The second-order valence-electron chi connectivity index (χ2n) is 8.99. The quantitative estimate of drug-likeness (QED) is 0.575. The van der Waals surface area contributed by atoms with Gasteiger partial charge in [0.05, 0.1) is 30.6 Å². The summed E-state index contributed by atoms with van der Waals surface area (Å²) in [4.78, 5) is 16.2. The Morgan fingerprint density at radius 2 is 1.88 bits per heavy atom. The third kappa shape index (κ3) is 6.18. The summed E-state index contributed by atoms with van der Waals surface area (Å²) in [6, 6.07) is 14.0. The molecule has 3 N–H and O–H groups in total. The molecule has 1 amide bonds. The summed E-state index contributed by atoms with van der Waals surface area (Å²) in [6.45, 7) is 5.66. The SMILES string of the molecule is COc1ccc(NC(C)=O)c(N2CC(NC3CCN(Cc4ccc(Cl)cc4)CC3)[C@H](O)C2)c1. The highest BCUT2D eigenvalue weighted by atomic mass is 35.5. The molecular weight excluding hydrogens is 440 g/mol. The standard InChI is InChI=1S/C25H33ClN4O3/c1-17(31)27-22-8-7-21(33-2)13-24(22)30-15-23(25(32)16-30)28-20-9-11-29(12-10-20)14-18-3-5-19(26)6-4-18/h3-8,13,20,23,25,28,32H,9-12,14-16H2,1-2H3,(H,27,31)/t23?,25-/m1/s1. The maximum atomic E-state index is 11.7. The maximum Gasteiger partial charge on any atom is 0.221 e. The normalized spacial score (nSPS) is 21.9. The maximum absolute atomic E-state index is 11.7. The first-order valence-corrected chi connectivity index (χ1v) is 11.9. The lowest BCUT2D eigenvalue weighted by molar-refractivity contribution is -0.114. The third-order valence-electron chi connectivity index (χ3n) is 6.50. The number of ether oxygens (including phenoxy) is 1. The number of benzene rings is 2. The molecule has 0 saturated carbocycles. The molecule has 4 rings (SSSR count). The molecule has 2 aliphatic rings. The van der Waals surface area contributed by atoms with Crippen LogP contribution in [0.3, 0.4) is 0 Å². The minimum atomic E-state index is -0.478. The molecule has 2 saturated heterocycles. The Bertz CT molecular complexity index is 947. The largest absolute Gasteiger partial charge is 0.497 e.